The zero-order valence-electron chi connectivity index (χ0n) is 16.9. The first kappa shape index (κ1) is 21.6. The lowest BCUT2D eigenvalue weighted by molar-refractivity contribution is 0.170. The topological polar surface area (TPSA) is 96.7 Å². The zero-order chi connectivity index (χ0) is 21.8. The molecule has 8 nitrogen and oxygen atoms in total. The minimum atomic E-state index is -0.736. The van der Waals surface area contributed by atoms with Crippen LogP contribution in [0.4, 0.5) is 15.0 Å². The molecule has 0 saturated heterocycles. The van der Waals surface area contributed by atoms with Crippen molar-refractivity contribution in [1.29, 1.82) is 0 Å². The van der Waals surface area contributed by atoms with Crippen molar-refractivity contribution in [3.05, 3.63) is 63.4 Å². The van der Waals surface area contributed by atoms with Crippen molar-refractivity contribution >= 4 is 35.0 Å². The van der Waals surface area contributed by atoms with Crippen molar-refractivity contribution in [3.8, 4) is 5.75 Å². The average Bonchev–Trinajstić information content (AvgIpc) is 2.71. The number of ether oxygens (including phenoxy) is 1. The summed E-state index contributed by atoms with van der Waals surface area (Å²) in [7, 11) is 4.73. The van der Waals surface area contributed by atoms with E-state index in [0.29, 0.717) is 28.0 Å². The van der Waals surface area contributed by atoms with Crippen molar-refractivity contribution in [2.24, 2.45) is 0 Å². The Bertz CT molecular complexity index is 1150. The molecular formula is C20H21FN4O4S. The predicted molar refractivity (Wildman–Crippen MR) is 114 cm³/mol. The van der Waals surface area contributed by atoms with Crippen LogP contribution in [0.3, 0.4) is 0 Å². The molecule has 30 heavy (non-hydrogen) atoms. The van der Waals surface area contributed by atoms with Gasteiger partial charge < -0.3 is 18.8 Å². The number of hydrogen-bond acceptors (Lipinski definition) is 8. The maximum absolute atomic E-state index is 14.5. The third-order valence-corrected chi connectivity index (χ3v) is 4.84. The number of aromatic nitrogens is 1. The van der Waals surface area contributed by atoms with Crippen LogP contribution in [0, 0.1) is 12.7 Å². The molecule has 2 N–H and O–H groups in total. The Morgan fingerprint density at radius 3 is 2.80 bits per heavy atom. The summed E-state index contributed by atoms with van der Waals surface area (Å²) < 4.78 is 30.8. The first-order valence-corrected chi connectivity index (χ1v) is 9.81. The van der Waals surface area contributed by atoms with Gasteiger partial charge in [-0.05, 0) is 37.7 Å². The summed E-state index contributed by atoms with van der Waals surface area (Å²) in [4.78, 5) is 29.9. The van der Waals surface area contributed by atoms with Gasteiger partial charge in [-0.2, -0.15) is 0 Å². The number of carbonyl (C=O) groups is 1. The van der Waals surface area contributed by atoms with E-state index in [1.165, 1.54) is 43.3 Å². The molecular weight excluding hydrogens is 411 g/mol. The molecule has 0 unspecified atom stereocenters. The van der Waals surface area contributed by atoms with Gasteiger partial charge in [-0.1, -0.05) is 6.07 Å². The predicted octanol–water partition coefficient (Wildman–Crippen LogP) is 3.48. The van der Waals surface area contributed by atoms with Crippen LogP contribution >= 0.6 is 12.1 Å². The van der Waals surface area contributed by atoms with Crippen LogP contribution < -0.4 is 19.8 Å². The standard InChI is InChI=1S/C20H21FN4O4S/c1-11-13-9-15(21)17(29-20(27)25(3)4)10-16(13)28-19(26)14(11)8-12-6-5-7-18(23-12)24-30-22-2/h5-7,9-10,22H,8H2,1-4H3,(H,23,24). The van der Waals surface area contributed by atoms with Crippen molar-refractivity contribution < 1.29 is 18.3 Å². The molecule has 0 saturated carbocycles. The van der Waals surface area contributed by atoms with Gasteiger partial charge in [0, 0.05) is 55.4 Å². The first-order chi connectivity index (χ1) is 14.3. The Balaban J connectivity index is 1.97. The largest absolute Gasteiger partial charge is 0.422 e. The number of pyridine rings is 1. The molecule has 2 heterocycles. The molecule has 0 aliphatic heterocycles. The molecule has 10 heteroatoms. The van der Waals surface area contributed by atoms with Gasteiger partial charge in [-0.15, -0.1) is 0 Å². The Hall–Kier alpha value is -3.11. The molecule has 0 radical (unpaired) electrons. The van der Waals surface area contributed by atoms with Crippen molar-refractivity contribution in [2.75, 3.05) is 25.9 Å². The summed E-state index contributed by atoms with van der Waals surface area (Å²) in [6.07, 6.45) is -0.511. The number of hydrogen-bond donors (Lipinski definition) is 2. The van der Waals surface area contributed by atoms with Crippen LogP contribution in [0.1, 0.15) is 16.8 Å². The number of carbonyl (C=O) groups excluding carboxylic acids is 1. The molecule has 0 aliphatic rings. The normalized spacial score (nSPS) is 10.8. The van der Waals surface area contributed by atoms with Gasteiger partial charge >= 0.3 is 11.7 Å². The highest BCUT2D eigenvalue weighted by Gasteiger charge is 2.18. The summed E-state index contributed by atoms with van der Waals surface area (Å²) in [5.74, 6) is -0.402. The van der Waals surface area contributed by atoms with Crippen LogP contribution in [0.15, 0.2) is 39.5 Å². The summed E-state index contributed by atoms with van der Waals surface area (Å²) in [6.45, 7) is 1.72. The van der Waals surface area contributed by atoms with Crippen molar-refractivity contribution in [2.45, 2.75) is 13.3 Å². The molecule has 0 spiro atoms. The number of nitrogens with one attached hydrogen (secondary N) is 2. The van der Waals surface area contributed by atoms with Crippen LogP contribution in [0.2, 0.25) is 0 Å². The summed E-state index contributed by atoms with van der Waals surface area (Å²) in [6, 6.07) is 7.83. The van der Waals surface area contributed by atoms with Crippen LogP contribution in [0.25, 0.3) is 11.0 Å². The van der Waals surface area contributed by atoms with Crippen molar-refractivity contribution in [3.63, 3.8) is 0 Å². The highest BCUT2D eigenvalue weighted by molar-refractivity contribution is 7.98. The summed E-state index contributed by atoms with van der Waals surface area (Å²) in [5, 5.41) is 0.423. The van der Waals surface area contributed by atoms with Crippen molar-refractivity contribution in [1.82, 2.24) is 14.6 Å². The van der Waals surface area contributed by atoms with E-state index in [1.807, 2.05) is 6.07 Å². The van der Waals surface area contributed by atoms with E-state index < -0.39 is 17.5 Å². The average molecular weight is 432 g/mol. The van der Waals surface area contributed by atoms with Gasteiger partial charge in [0.25, 0.3) is 0 Å². The maximum atomic E-state index is 14.5. The lowest BCUT2D eigenvalue weighted by Crippen LogP contribution is -2.25. The lowest BCUT2D eigenvalue weighted by atomic mass is 10.0. The maximum Gasteiger partial charge on any atom is 0.414 e. The zero-order valence-corrected chi connectivity index (χ0v) is 17.7. The summed E-state index contributed by atoms with van der Waals surface area (Å²) in [5.41, 5.74) is 1.20. The van der Waals surface area contributed by atoms with E-state index in [0.717, 1.165) is 0 Å². The smallest absolute Gasteiger partial charge is 0.414 e. The Kier molecular flexibility index (Phi) is 6.58. The number of rotatable bonds is 6. The summed E-state index contributed by atoms with van der Waals surface area (Å²) >= 11 is 1.27. The third kappa shape index (κ3) is 4.71. The molecule has 2 aromatic heterocycles. The molecule has 0 atom stereocenters. The number of amides is 1. The lowest BCUT2D eigenvalue weighted by Gasteiger charge is -2.13. The van der Waals surface area contributed by atoms with Gasteiger partial charge in [0.1, 0.15) is 11.4 Å². The van der Waals surface area contributed by atoms with E-state index >= 15 is 0 Å². The minimum Gasteiger partial charge on any atom is -0.422 e. The molecule has 0 bridgehead atoms. The molecule has 1 amide bonds. The fourth-order valence-corrected chi connectivity index (χ4v) is 3.10. The quantitative estimate of drug-likeness (QED) is 0.451. The Morgan fingerprint density at radius 2 is 2.10 bits per heavy atom. The monoisotopic (exact) mass is 432 g/mol. The highest BCUT2D eigenvalue weighted by Crippen LogP contribution is 2.28. The van der Waals surface area contributed by atoms with Crippen LogP contribution in [-0.4, -0.2) is 37.1 Å². The van der Waals surface area contributed by atoms with Gasteiger partial charge in [0.15, 0.2) is 11.6 Å². The van der Waals surface area contributed by atoms with E-state index in [1.54, 1.807) is 26.1 Å². The molecule has 3 rings (SSSR count). The number of halogens is 1. The molecule has 158 valence electrons. The molecule has 0 fully saturated rings. The highest BCUT2D eigenvalue weighted by atomic mass is 32.2. The fraction of sp³-hybridized carbons (Fsp3) is 0.250. The molecule has 1 aromatic carbocycles. The Morgan fingerprint density at radius 1 is 1.33 bits per heavy atom. The van der Waals surface area contributed by atoms with Gasteiger partial charge in [0.2, 0.25) is 0 Å². The van der Waals surface area contributed by atoms with Gasteiger partial charge in [-0.3, -0.25) is 0 Å². The van der Waals surface area contributed by atoms with E-state index in [2.05, 4.69) is 14.4 Å². The fourth-order valence-electron chi connectivity index (χ4n) is 2.78. The second-order valence-corrected chi connectivity index (χ2v) is 7.45. The van der Waals surface area contributed by atoms with E-state index in [4.69, 9.17) is 9.15 Å². The van der Waals surface area contributed by atoms with E-state index in [-0.39, 0.29) is 17.8 Å². The minimum absolute atomic E-state index is 0.137. The van der Waals surface area contributed by atoms with Crippen LogP contribution in [0.5, 0.6) is 5.75 Å². The Labute approximate surface area is 176 Å². The first-order valence-electron chi connectivity index (χ1n) is 8.99. The van der Waals surface area contributed by atoms with Gasteiger partial charge in [-0.25, -0.2) is 23.7 Å². The molecule has 0 aliphatic carbocycles. The number of aryl methyl sites for hydroxylation is 1. The van der Waals surface area contributed by atoms with E-state index in [9.17, 15) is 14.0 Å². The third-order valence-electron chi connectivity index (χ3n) is 4.32. The molecule has 3 aromatic rings. The number of nitrogens with zero attached hydrogens (tertiary/aromatic N) is 2. The second kappa shape index (κ2) is 9.14. The van der Waals surface area contributed by atoms with Gasteiger partial charge in [0.05, 0.1) is 0 Å². The van der Waals surface area contributed by atoms with Crippen LogP contribution in [-0.2, 0) is 6.42 Å². The second-order valence-electron chi connectivity index (χ2n) is 6.63. The number of benzene rings is 1. The SMILES string of the molecule is CNSNc1cccc(Cc2c(C)c3cc(F)c(OC(=O)N(C)C)cc3oc2=O)n1. The number of anilines is 1. The number of fused-ring (bicyclic) bond motifs is 1.